The molecule has 0 aromatic carbocycles. The molecule has 0 fully saturated rings. The fourth-order valence-electron chi connectivity index (χ4n) is 2.06. The van der Waals surface area contributed by atoms with E-state index in [0.29, 0.717) is 0 Å². The van der Waals surface area contributed by atoms with Crippen LogP contribution >= 0.6 is 0 Å². The van der Waals surface area contributed by atoms with Crippen molar-refractivity contribution in [2.75, 3.05) is 6.54 Å². The fraction of sp³-hybridized carbons (Fsp3) is 1.00. The van der Waals surface area contributed by atoms with Gasteiger partial charge in [0.15, 0.2) is 0 Å². The summed E-state index contributed by atoms with van der Waals surface area (Å²) in [5, 5.41) is 12.6. The maximum absolute atomic E-state index is 9.44. The van der Waals surface area contributed by atoms with Crippen LogP contribution in [0.15, 0.2) is 0 Å². The lowest BCUT2D eigenvalue weighted by Crippen LogP contribution is -2.40. The first-order valence-electron chi connectivity index (χ1n) is 5.89. The van der Waals surface area contributed by atoms with Crippen LogP contribution in [0.25, 0.3) is 0 Å². The highest BCUT2D eigenvalue weighted by molar-refractivity contribution is 4.79. The minimum atomic E-state index is -0.344. The first-order valence-corrected chi connectivity index (χ1v) is 5.89. The summed E-state index contributed by atoms with van der Waals surface area (Å²) in [5.74, 6) is 0.735. The molecule has 0 heterocycles. The van der Waals surface area contributed by atoms with E-state index in [2.05, 4.69) is 33.0 Å². The summed E-state index contributed by atoms with van der Waals surface area (Å²) >= 11 is 0. The SMILES string of the molecule is CCC(O)NCC(C)(C)C(CC)CC. The Bertz CT molecular complexity index is 141. The van der Waals surface area contributed by atoms with E-state index in [9.17, 15) is 5.11 Å². The van der Waals surface area contributed by atoms with Crippen LogP contribution in [0.2, 0.25) is 0 Å². The number of hydrogen-bond acceptors (Lipinski definition) is 2. The molecule has 0 aliphatic rings. The van der Waals surface area contributed by atoms with Crippen LogP contribution < -0.4 is 5.32 Å². The van der Waals surface area contributed by atoms with Crippen molar-refractivity contribution >= 4 is 0 Å². The van der Waals surface area contributed by atoms with Crippen LogP contribution in [-0.4, -0.2) is 17.9 Å². The van der Waals surface area contributed by atoms with Gasteiger partial charge in [-0.2, -0.15) is 0 Å². The summed E-state index contributed by atoms with van der Waals surface area (Å²) in [7, 11) is 0. The zero-order chi connectivity index (χ0) is 11.2. The molecule has 0 aliphatic carbocycles. The van der Waals surface area contributed by atoms with Gasteiger partial charge >= 0.3 is 0 Å². The zero-order valence-corrected chi connectivity index (χ0v) is 10.4. The molecule has 0 saturated heterocycles. The predicted molar refractivity (Wildman–Crippen MR) is 62.2 cm³/mol. The van der Waals surface area contributed by atoms with E-state index in [-0.39, 0.29) is 11.6 Å². The average molecular weight is 201 g/mol. The Kier molecular flexibility index (Phi) is 6.38. The quantitative estimate of drug-likeness (QED) is 0.621. The highest BCUT2D eigenvalue weighted by Crippen LogP contribution is 2.31. The second-order valence-corrected chi connectivity index (χ2v) is 4.81. The Morgan fingerprint density at radius 3 is 1.93 bits per heavy atom. The molecule has 1 atom stereocenters. The van der Waals surface area contributed by atoms with Crippen LogP contribution in [0.3, 0.4) is 0 Å². The summed E-state index contributed by atoms with van der Waals surface area (Å²) in [6.07, 6.45) is 2.86. The number of rotatable bonds is 7. The molecule has 1 unspecified atom stereocenters. The third kappa shape index (κ3) is 4.43. The lowest BCUT2D eigenvalue weighted by molar-refractivity contribution is 0.0979. The van der Waals surface area contributed by atoms with E-state index in [1.165, 1.54) is 12.8 Å². The topological polar surface area (TPSA) is 32.3 Å². The molecule has 14 heavy (non-hydrogen) atoms. The van der Waals surface area contributed by atoms with Crippen LogP contribution in [0.4, 0.5) is 0 Å². The minimum absolute atomic E-state index is 0.277. The number of nitrogens with one attached hydrogen (secondary N) is 1. The standard InChI is InChI=1S/C12H27NO/c1-6-10(7-2)12(4,5)9-13-11(14)8-3/h10-11,13-14H,6-9H2,1-5H3. The number of aliphatic hydroxyl groups excluding tert-OH is 1. The first-order chi connectivity index (χ1) is 6.47. The van der Waals surface area contributed by atoms with Gasteiger partial charge in [0.25, 0.3) is 0 Å². The van der Waals surface area contributed by atoms with Crippen molar-refractivity contribution in [2.24, 2.45) is 11.3 Å². The monoisotopic (exact) mass is 201 g/mol. The molecule has 0 rings (SSSR count). The third-order valence-electron chi connectivity index (χ3n) is 3.27. The molecule has 0 radical (unpaired) electrons. The third-order valence-corrected chi connectivity index (χ3v) is 3.27. The molecule has 0 amide bonds. The molecule has 2 nitrogen and oxygen atoms in total. The largest absolute Gasteiger partial charge is 0.379 e. The van der Waals surface area contributed by atoms with E-state index in [1.54, 1.807) is 0 Å². The molecule has 0 saturated carbocycles. The fourth-order valence-corrected chi connectivity index (χ4v) is 2.06. The van der Waals surface area contributed by atoms with Crippen molar-refractivity contribution < 1.29 is 5.11 Å². The molecule has 0 aliphatic heterocycles. The van der Waals surface area contributed by atoms with E-state index < -0.39 is 0 Å². The van der Waals surface area contributed by atoms with Gasteiger partial charge in [-0.3, -0.25) is 5.32 Å². The maximum atomic E-state index is 9.44. The predicted octanol–water partition coefficient (Wildman–Crippen LogP) is 2.77. The van der Waals surface area contributed by atoms with Crippen molar-refractivity contribution in [3.63, 3.8) is 0 Å². The molecule has 0 aromatic heterocycles. The van der Waals surface area contributed by atoms with E-state index in [4.69, 9.17) is 0 Å². The van der Waals surface area contributed by atoms with E-state index in [1.807, 2.05) is 6.92 Å². The van der Waals surface area contributed by atoms with Crippen molar-refractivity contribution in [1.82, 2.24) is 5.32 Å². The van der Waals surface area contributed by atoms with Gasteiger partial charge in [-0.05, 0) is 17.8 Å². The summed E-state index contributed by atoms with van der Waals surface area (Å²) in [6, 6.07) is 0. The van der Waals surface area contributed by atoms with Crippen LogP contribution in [0, 0.1) is 11.3 Å². The Balaban J connectivity index is 4.04. The molecule has 2 N–H and O–H groups in total. The van der Waals surface area contributed by atoms with Gasteiger partial charge in [-0.15, -0.1) is 0 Å². The molecular weight excluding hydrogens is 174 g/mol. The van der Waals surface area contributed by atoms with E-state index >= 15 is 0 Å². The van der Waals surface area contributed by atoms with Crippen molar-refractivity contribution in [1.29, 1.82) is 0 Å². The molecule has 0 aromatic rings. The maximum Gasteiger partial charge on any atom is 0.104 e. The minimum Gasteiger partial charge on any atom is -0.379 e. The normalized spacial score (nSPS) is 14.8. The first kappa shape index (κ1) is 13.9. The van der Waals surface area contributed by atoms with Crippen LogP contribution in [0.1, 0.15) is 53.9 Å². The average Bonchev–Trinajstić information content (AvgIpc) is 2.15. The van der Waals surface area contributed by atoms with Gasteiger partial charge in [0.05, 0.1) is 0 Å². The molecule has 86 valence electrons. The smallest absolute Gasteiger partial charge is 0.104 e. The van der Waals surface area contributed by atoms with Gasteiger partial charge in [-0.25, -0.2) is 0 Å². The zero-order valence-electron chi connectivity index (χ0n) is 10.4. The van der Waals surface area contributed by atoms with Gasteiger partial charge in [-0.1, -0.05) is 47.5 Å². The van der Waals surface area contributed by atoms with Crippen molar-refractivity contribution in [3.8, 4) is 0 Å². The summed E-state index contributed by atoms with van der Waals surface area (Å²) < 4.78 is 0. The van der Waals surface area contributed by atoms with E-state index in [0.717, 1.165) is 18.9 Å². The second-order valence-electron chi connectivity index (χ2n) is 4.81. The molecule has 0 spiro atoms. The van der Waals surface area contributed by atoms with Gasteiger partial charge in [0.2, 0.25) is 0 Å². The second kappa shape index (κ2) is 6.41. The van der Waals surface area contributed by atoms with Crippen molar-refractivity contribution in [2.45, 2.75) is 60.1 Å². The lowest BCUT2D eigenvalue weighted by atomic mass is 9.76. The highest BCUT2D eigenvalue weighted by atomic mass is 16.3. The van der Waals surface area contributed by atoms with Crippen LogP contribution in [-0.2, 0) is 0 Å². The van der Waals surface area contributed by atoms with Gasteiger partial charge in [0, 0.05) is 6.54 Å². The highest BCUT2D eigenvalue weighted by Gasteiger charge is 2.26. The molecule has 2 heteroatoms. The number of aliphatic hydroxyl groups is 1. The Labute approximate surface area is 89.1 Å². The number of hydrogen-bond donors (Lipinski definition) is 2. The summed E-state index contributed by atoms with van der Waals surface area (Å²) in [5.41, 5.74) is 0.277. The van der Waals surface area contributed by atoms with Crippen molar-refractivity contribution in [3.05, 3.63) is 0 Å². The van der Waals surface area contributed by atoms with Gasteiger partial charge in [0.1, 0.15) is 6.23 Å². The lowest BCUT2D eigenvalue weighted by Gasteiger charge is -2.34. The van der Waals surface area contributed by atoms with Crippen LogP contribution in [0.5, 0.6) is 0 Å². The Hall–Kier alpha value is -0.0800. The summed E-state index contributed by atoms with van der Waals surface area (Å²) in [6.45, 7) is 11.9. The van der Waals surface area contributed by atoms with Gasteiger partial charge < -0.3 is 5.11 Å². The Morgan fingerprint density at radius 2 is 1.57 bits per heavy atom. The molecule has 0 bridgehead atoms. The molecular formula is C12H27NO. The summed E-state index contributed by atoms with van der Waals surface area (Å²) in [4.78, 5) is 0. The Morgan fingerprint density at radius 1 is 1.07 bits per heavy atom.